The molecule has 0 spiro atoms. The van der Waals surface area contributed by atoms with E-state index >= 15 is 0 Å². The van der Waals surface area contributed by atoms with Crippen LogP contribution in [0.15, 0.2) is 12.4 Å². The Hall–Kier alpha value is -1.98. The molecule has 0 bridgehead atoms. The minimum atomic E-state index is -0.604. The average Bonchev–Trinajstić information content (AvgIpc) is 3.23. The first-order valence-corrected chi connectivity index (χ1v) is 6.23. The second-order valence-electron chi connectivity index (χ2n) is 4.69. The highest BCUT2D eigenvalue weighted by molar-refractivity contribution is 5.95. The SMILES string of the molecule is COC(=O)[C@H](C)N(C(=O)c1cnc(C)cn1)C1CC1. The van der Waals surface area contributed by atoms with Crippen LogP contribution in [0.4, 0.5) is 0 Å². The number of aryl methyl sites for hydroxylation is 1. The van der Waals surface area contributed by atoms with Crippen molar-refractivity contribution in [2.75, 3.05) is 7.11 Å². The number of hydrogen-bond donors (Lipinski definition) is 0. The van der Waals surface area contributed by atoms with E-state index in [2.05, 4.69) is 9.97 Å². The second kappa shape index (κ2) is 5.34. The van der Waals surface area contributed by atoms with Crippen molar-refractivity contribution < 1.29 is 14.3 Å². The summed E-state index contributed by atoms with van der Waals surface area (Å²) in [5, 5.41) is 0. The normalized spacial score (nSPS) is 15.7. The molecule has 1 aliphatic carbocycles. The van der Waals surface area contributed by atoms with Crippen LogP contribution in [0.5, 0.6) is 0 Å². The Bertz CT molecular complexity index is 482. The molecule has 0 unspecified atom stereocenters. The van der Waals surface area contributed by atoms with Crippen molar-refractivity contribution in [3.8, 4) is 0 Å². The maximum atomic E-state index is 12.4. The fourth-order valence-corrected chi connectivity index (χ4v) is 1.93. The van der Waals surface area contributed by atoms with E-state index in [1.807, 2.05) is 0 Å². The molecule has 6 heteroatoms. The van der Waals surface area contributed by atoms with Crippen molar-refractivity contribution >= 4 is 11.9 Å². The number of methoxy groups -OCH3 is 1. The fraction of sp³-hybridized carbons (Fsp3) is 0.538. The van der Waals surface area contributed by atoms with Gasteiger partial charge in [0.1, 0.15) is 11.7 Å². The molecule has 1 aliphatic rings. The summed E-state index contributed by atoms with van der Waals surface area (Å²) < 4.78 is 4.71. The highest BCUT2D eigenvalue weighted by atomic mass is 16.5. The molecule has 1 fully saturated rings. The van der Waals surface area contributed by atoms with Gasteiger partial charge in [-0.05, 0) is 26.7 Å². The maximum absolute atomic E-state index is 12.4. The molecule has 1 aromatic rings. The van der Waals surface area contributed by atoms with Gasteiger partial charge < -0.3 is 9.64 Å². The van der Waals surface area contributed by atoms with E-state index in [-0.39, 0.29) is 17.6 Å². The quantitative estimate of drug-likeness (QED) is 0.756. The molecule has 1 atom stereocenters. The van der Waals surface area contributed by atoms with E-state index in [0.29, 0.717) is 0 Å². The predicted octanol–water partition coefficient (Wildman–Crippen LogP) is 0.951. The van der Waals surface area contributed by atoms with Gasteiger partial charge in [-0.15, -0.1) is 0 Å². The highest BCUT2D eigenvalue weighted by Gasteiger charge is 2.39. The van der Waals surface area contributed by atoms with Crippen LogP contribution >= 0.6 is 0 Å². The first-order chi connectivity index (χ1) is 9.04. The molecule has 0 saturated heterocycles. The Balaban J connectivity index is 2.21. The van der Waals surface area contributed by atoms with Crippen LogP contribution in [0.25, 0.3) is 0 Å². The van der Waals surface area contributed by atoms with Crippen LogP contribution in [0.3, 0.4) is 0 Å². The molecule has 1 heterocycles. The Morgan fingerprint density at radius 2 is 2.05 bits per heavy atom. The number of carbonyl (C=O) groups is 2. The summed E-state index contributed by atoms with van der Waals surface area (Å²) >= 11 is 0. The Labute approximate surface area is 111 Å². The summed E-state index contributed by atoms with van der Waals surface area (Å²) in [6.45, 7) is 3.47. The van der Waals surface area contributed by atoms with Crippen LogP contribution in [-0.2, 0) is 9.53 Å². The van der Waals surface area contributed by atoms with Crippen LogP contribution in [0.1, 0.15) is 35.9 Å². The Kier molecular flexibility index (Phi) is 3.78. The summed E-state index contributed by atoms with van der Waals surface area (Å²) in [5.41, 5.74) is 1.00. The summed E-state index contributed by atoms with van der Waals surface area (Å²) in [6.07, 6.45) is 4.80. The zero-order valence-electron chi connectivity index (χ0n) is 11.3. The molecule has 19 heavy (non-hydrogen) atoms. The molecule has 0 aliphatic heterocycles. The molecule has 102 valence electrons. The minimum Gasteiger partial charge on any atom is -0.467 e. The van der Waals surface area contributed by atoms with Gasteiger partial charge in [-0.25, -0.2) is 9.78 Å². The van der Waals surface area contributed by atoms with Gasteiger partial charge in [-0.3, -0.25) is 9.78 Å². The number of rotatable bonds is 4. The first-order valence-electron chi connectivity index (χ1n) is 6.23. The summed E-state index contributed by atoms with van der Waals surface area (Å²) in [5.74, 6) is -0.687. The lowest BCUT2D eigenvalue weighted by Gasteiger charge is -2.26. The lowest BCUT2D eigenvalue weighted by molar-refractivity contribution is -0.145. The molecule has 1 amide bonds. The van der Waals surface area contributed by atoms with Crippen molar-refractivity contribution in [3.05, 3.63) is 23.8 Å². The third-order valence-corrected chi connectivity index (χ3v) is 3.13. The Morgan fingerprint density at radius 1 is 1.37 bits per heavy atom. The zero-order chi connectivity index (χ0) is 14.0. The lowest BCUT2D eigenvalue weighted by atomic mass is 10.2. The van der Waals surface area contributed by atoms with Gasteiger partial charge in [0.25, 0.3) is 5.91 Å². The number of aromatic nitrogens is 2. The lowest BCUT2D eigenvalue weighted by Crippen LogP contribution is -2.45. The summed E-state index contributed by atoms with van der Waals surface area (Å²) in [6, 6.07) is -0.502. The smallest absolute Gasteiger partial charge is 0.328 e. The van der Waals surface area contributed by atoms with Gasteiger partial charge in [-0.2, -0.15) is 0 Å². The topological polar surface area (TPSA) is 72.4 Å². The fourth-order valence-electron chi connectivity index (χ4n) is 1.93. The molecular formula is C13H17N3O3. The van der Waals surface area contributed by atoms with E-state index in [4.69, 9.17) is 4.74 Å². The largest absolute Gasteiger partial charge is 0.467 e. The minimum absolute atomic E-state index is 0.102. The van der Waals surface area contributed by atoms with Gasteiger partial charge >= 0.3 is 5.97 Å². The van der Waals surface area contributed by atoms with E-state index < -0.39 is 12.0 Å². The zero-order valence-corrected chi connectivity index (χ0v) is 11.3. The van der Waals surface area contributed by atoms with E-state index in [9.17, 15) is 9.59 Å². The van der Waals surface area contributed by atoms with Crippen LogP contribution < -0.4 is 0 Å². The van der Waals surface area contributed by atoms with Crippen molar-refractivity contribution in [3.63, 3.8) is 0 Å². The Morgan fingerprint density at radius 3 is 2.53 bits per heavy atom. The van der Waals surface area contributed by atoms with E-state index in [1.54, 1.807) is 24.9 Å². The van der Waals surface area contributed by atoms with Crippen LogP contribution in [0, 0.1) is 6.92 Å². The van der Waals surface area contributed by atoms with Crippen LogP contribution in [0.2, 0.25) is 0 Å². The standard InChI is InChI=1S/C13H17N3O3/c1-8-6-15-11(7-14-8)12(17)16(10-4-5-10)9(2)13(18)19-3/h6-7,9-10H,4-5H2,1-3H3/t9-/m0/s1. The van der Waals surface area contributed by atoms with E-state index in [1.165, 1.54) is 13.3 Å². The average molecular weight is 263 g/mol. The molecular weight excluding hydrogens is 246 g/mol. The molecule has 1 aromatic heterocycles. The van der Waals surface area contributed by atoms with Gasteiger partial charge in [0.05, 0.1) is 19.0 Å². The van der Waals surface area contributed by atoms with Crippen molar-refractivity contribution in [1.82, 2.24) is 14.9 Å². The number of hydrogen-bond acceptors (Lipinski definition) is 5. The van der Waals surface area contributed by atoms with Crippen LogP contribution in [-0.4, -0.2) is 45.9 Å². The highest BCUT2D eigenvalue weighted by Crippen LogP contribution is 2.30. The monoisotopic (exact) mass is 263 g/mol. The summed E-state index contributed by atoms with van der Waals surface area (Å²) in [7, 11) is 1.32. The van der Waals surface area contributed by atoms with Gasteiger partial charge in [0.15, 0.2) is 0 Å². The molecule has 2 rings (SSSR count). The third kappa shape index (κ3) is 2.89. The third-order valence-electron chi connectivity index (χ3n) is 3.13. The number of carbonyl (C=O) groups excluding carboxylic acids is 2. The molecule has 6 nitrogen and oxygen atoms in total. The van der Waals surface area contributed by atoms with Crippen molar-refractivity contribution in [2.24, 2.45) is 0 Å². The molecule has 0 aromatic carbocycles. The maximum Gasteiger partial charge on any atom is 0.328 e. The number of nitrogens with zero attached hydrogens (tertiary/aromatic N) is 3. The second-order valence-corrected chi connectivity index (χ2v) is 4.69. The van der Waals surface area contributed by atoms with E-state index in [0.717, 1.165) is 18.5 Å². The van der Waals surface area contributed by atoms with Crippen molar-refractivity contribution in [1.29, 1.82) is 0 Å². The molecule has 0 N–H and O–H groups in total. The number of amides is 1. The van der Waals surface area contributed by atoms with Gasteiger partial charge in [0, 0.05) is 12.2 Å². The summed E-state index contributed by atoms with van der Waals surface area (Å²) in [4.78, 5) is 33.7. The first kappa shape index (κ1) is 13.5. The molecule has 1 saturated carbocycles. The number of ether oxygens (including phenoxy) is 1. The van der Waals surface area contributed by atoms with Crippen molar-refractivity contribution in [2.45, 2.75) is 38.8 Å². The number of esters is 1. The van der Waals surface area contributed by atoms with Gasteiger partial charge in [-0.1, -0.05) is 0 Å². The molecule has 0 radical (unpaired) electrons. The predicted molar refractivity (Wildman–Crippen MR) is 67.4 cm³/mol. The van der Waals surface area contributed by atoms with Gasteiger partial charge in [0.2, 0.25) is 0 Å².